The van der Waals surface area contributed by atoms with Gasteiger partial charge in [0.05, 0.1) is 6.54 Å². The molecule has 4 heteroatoms. The zero-order chi connectivity index (χ0) is 12.0. The second-order valence-corrected chi connectivity index (χ2v) is 3.36. The maximum atomic E-state index is 11.6. The molecule has 0 spiro atoms. The van der Waals surface area contributed by atoms with Crippen LogP contribution in [0.3, 0.4) is 0 Å². The van der Waals surface area contributed by atoms with Gasteiger partial charge < -0.3 is 5.73 Å². The molecule has 1 aromatic carbocycles. The topological polar surface area (TPSA) is 77.2 Å². The molecule has 84 valence electrons. The van der Waals surface area contributed by atoms with E-state index in [1.807, 2.05) is 0 Å². The molecule has 4 nitrogen and oxygen atoms in total. The van der Waals surface area contributed by atoms with Crippen LogP contribution in [0.1, 0.15) is 23.2 Å². The Labute approximate surface area is 93.4 Å². The first kappa shape index (κ1) is 12.3. The van der Waals surface area contributed by atoms with Crippen LogP contribution < -0.4 is 5.73 Å². The Morgan fingerprint density at radius 3 is 2.19 bits per heavy atom. The monoisotopic (exact) mass is 219 g/mol. The molecular formula is C12H13NO3. The largest absolute Gasteiger partial charge is 0.324 e. The van der Waals surface area contributed by atoms with Gasteiger partial charge in [-0.15, -0.1) is 0 Å². The van der Waals surface area contributed by atoms with E-state index in [1.165, 1.54) is 0 Å². The van der Waals surface area contributed by atoms with E-state index in [1.54, 1.807) is 30.3 Å². The lowest BCUT2D eigenvalue weighted by atomic mass is 10.0. The quantitative estimate of drug-likeness (QED) is 0.565. The number of carbonyl (C=O) groups excluding carboxylic acids is 3. The Kier molecular flexibility index (Phi) is 4.54. The molecule has 0 saturated heterocycles. The van der Waals surface area contributed by atoms with Crippen molar-refractivity contribution in [3.05, 3.63) is 35.9 Å². The van der Waals surface area contributed by atoms with Crippen LogP contribution >= 0.6 is 0 Å². The highest BCUT2D eigenvalue weighted by Gasteiger charge is 2.16. The molecule has 0 atom stereocenters. The van der Waals surface area contributed by atoms with Crippen LogP contribution in [0.15, 0.2) is 30.3 Å². The summed E-state index contributed by atoms with van der Waals surface area (Å²) >= 11 is 0. The summed E-state index contributed by atoms with van der Waals surface area (Å²) in [6.07, 6.45) is -0.0301. The number of carbonyl (C=O) groups is 3. The summed E-state index contributed by atoms with van der Waals surface area (Å²) < 4.78 is 0. The lowest BCUT2D eigenvalue weighted by Gasteiger charge is -1.99. The predicted molar refractivity (Wildman–Crippen MR) is 59.1 cm³/mol. The molecule has 0 aliphatic carbocycles. The lowest BCUT2D eigenvalue weighted by molar-refractivity contribution is -0.121. The SMILES string of the molecule is NCC(=O)CCC(=O)C(=O)c1ccccc1. The fraction of sp³-hybridized carbons (Fsp3) is 0.250. The van der Waals surface area contributed by atoms with Crippen molar-refractivity contribution in [1.82, 2.24) is 0 Å². The van der Waals surface area contributed by atoms with E-state index in [4.69, 9.17) is 5.73 Å². The van der Waals surface area contributed by atoms with Gasteiger partial charge >= 0.3 is 0 Å². The normalized spacial score (nSPS) is 9.81. The van der Waals surface area contributed by atoms with Gasteiger partial charge in [-0.2, -0.15) is 0 Å². The van der Waals surface area contributed by atoms with Crippen LogP contribution in [0.4, 0.5) is 0 Å². The van der Waals surface area contributed by atoms with E-state index < -0.39 is 11.6 Å². The Morgan fingerprint density at radius 1 is 1.00 bits per heavy atom. The van der Waals surface area contributed by atoms with Crippen molar-refractivity contribution < 1.29 is 14.4 Å². The van der Waals surface area contributed by atoms with Crippen molar-refractivity contribution in [2.45, 2.75) is 12.8 Å². The lowest BCUT2D eigenvalue weighted by Crippen LogP contribution is -2.18. The third-order valence-electron chi connectivity index (χ3n) is 2.15. The Morgan fingerprint density at radius 2 is 1.62 bits per heavy atom. The molecular weight excluding hydrogens is 206 g/mol. The average molecular weight is 219 g/mol. The molecule has 0 fully saturated rings. The van der Waals surface area contributed by atoms with E-state index in [0.29, 0.717) is 5.56 Å². The fourth-order valence-corrected chi connectivity index (χ4v) is 1.22. The van der Waals surface area contributed by atoms with E-state index in [9.17, 15) is 14.4 Å². The number of Topliss-reactive ketones (excluding diaryl/α,β-unsaturated/α-hetero) is 3. The van der Waals surface area contributed by atoms with Crippen molar-refractivity contribution in [1.29, 1.82) is 0 Å². The Bertz CT molecular complexity index is 398. The minimum Gasteiger partial charge on any atom is -0.324 e. The standard InChI is InChI=1S/C12H13NO3/c13-8-10(14)6-7-11(15)12(16)9-4-2-1-3-5-9/h1-5H,6-8,13H2. The zero-order valence-electron chi connectivity index (χ0n) is 8.81. The summed E-state index contributed by atoms with van der Waals surface area (Å²) in [6.45, 7) is -0.0905. The molecule has 1 aromatic rings. The Balaban J connectivity index is 2.56. The summed E-state index contributed by atoms with van der Waals surface area (Å²) in [5, 5.41) is 0. The smallest absolute Gasteiger partial charge is 0.228 e. The van der Waals surface area contributed by atoms with Crippen LogP contribution in [0, 0.1) is 0 Å². The number of hydrogen-bond acceptors (Lipinski definition) is 4. The molecule has 0 aromatic heterocycles. The predicted octanol–water partition coefficient (Wildman–Crippen LogP) is 0.746. The van der Waals surface area contributed by atoms with Crippen molar-refractivity contribution in [3.63, 3.8) is 0 Å². The van der Waals surface area contributed by atoms with Gasteiger partial charge in [-0.1, -0.05) is 30.3 Å². The highest BCUT2D eigenvalue weighted by molar-refractivity contribution is 6.43. The molecule has 0 saturated carbocycles. The first-order chi connectivity index (χ1) is 7.65. The van der Waals surface area contributed by atoms with Gasteiger partial charge in [0.25, 0.3) is 0 Å². The third kappa shape index (κ3) is 3.40. The third-order valence-corrected chi connectivity index (χ3v) is 2.15. The summed E-state index contributed by atoms with van der Waals surface area (Å²) in [5.74, 6) is -1.31. The van der Waals surface area contributed by atoms with E-state index in [2.05, 4.69) is 0 Å². The van der Waals surface area contributed by atoms with Crippen LogP contribution in [-0.4, -0.2) is 23.9 Å². The number of hydrogen-bond donors (Lipinski definition) is 1. The second kappa shape index (κ2) is 5.92. The van der Waals surface area contributed by atoms with Crippen LogP contribution in [-0.2, 0) is 9.59 Å². The molecule has 0 heterocycles. The second-order valence-electron chi connectivity index (χ2n) is 3.36. The van der Waals surface area contributed by atoms with Gasteiger partial charge in [0.15, 0.2) is 0 Å². The van der Waals surface area contributed by atoms with Crippen molar-refractivity contribution >= 4 is 17.3 Å². The number of ketones is 3. The molecule has 0 aliphatic rings. The van der Waals surface area contributed by atoms with Gasteiger partial charge in [0, 0.05) is 18.4 Å². The molecule has 0 aliphatic heterocycles. The van der Waals surface area contributed by atoms with E-state index >= 15 is 0 Å². The number of benzene rings is 1. The minimum absolute atomic E-state index is 0.0356. The van der Waals surface area contributed by atoms with Crippen LogP contribution in [0.25, 0.3) is 0 Å². The van der Waals surface area contributed by atoms with Crippen molar-refractivity contribution in [3.8, 4) is 0 Å². The molecule has 0 unspecified atom stereocenters. The summed E-state index contributed by atoms with van der Waals surface area (Å²) in [5.41, 5.74) is 5.45. The maximum Gasteiger partial charge on any atom is 0.228 e. The molecule has 16 heavy (non-hydrogen) atoms. The van der Waals surface area contributed by atoms with Crippen LogP contribution in [0.5, 0.6) is 0 Å². The van der Waals surface area contributed by atoms with E-state index in [-0.39, 0.29) is 25.2 Å². The van der Waals surface area contributed by atoms with Crippen LogP contribution in [0.2, 0.25) is 0 Å². The van der Waals surface area contributed by atoms with Gasteiger partial charge in [-0.05, 0) is 0 Å². The van der Waals surface area contributed by atoms with Gasteiger partial charge in [0.1, 0.15) is 5.78 Å². The first-order valence-electron chi connectivity index (χ1n) is 4.99. The Hall–Kier alpha value is -1.81. The van der Waals surface area contributed by atoms with Gasteiger partial charge in [-0.25, -0.2) is 0 Å². The van der Waals surface area contributed by atoms with Gasteiger partial charge in [0.2, 0.25) is 11.6 Å². The summed E-state index contributed by atoms with van der Waals surface area (Å²) in [4.78, 5) is 33.9. The van der Waals surface area contributed by atoms with Gasteiger partial charge in [-0.3, -0.25) is 14.4 Å². The summed E-state index contributed by atoms with van der Waals surface area (Å²) in [7, 11) is 0. The highest BCUT2D eigenvalue weighted by atomic mass is 16.2. The molecule has 2 N–H and O–H groups in total. The highest BCUT2D eigenvalue weighted by Crippen LogP contribution is 2.04. The maximum absolute atomic E-state index is 11.6. The van der Waals surface area contributed by atoms with E-state index in [0.717, 1.165) is 0 Å². The molecule has 0 bridgehead atoms. The minimum atomic E-state index is -0.551. The molecule has 0 amide bonds. The first-order valence-corrected chi connectivity index (χ1v) is 4.99. The number of rotatable bonds is 6. The number of nitrogens with two attached hydrogens (primary N) is 1. The van der Waals surface area contributed by atoms with Crippen molar-refractivity contribution in [2.75, 3.05) is 6.54 Å². The molecule has 1 rings (SSSR count). The van der Waals surface area contributed by atoms with Crippen molar-refractivity contribution in [2.24, 2.45) is 5.73 Å². The average Bonchev–Trinajstić information content (AvgIpc) is 2.35. The fourth-order valence-electron chi connectivity index (χ4n) is 1.22. The molecule has 0 radical (unpaired) electrons. The zero-order valence-corrected chi connectivity index (χ0v) is 8.81. The summed E-state index contributed by atoms with van der Waals surface area (Å²) in [6, 6.07) is 8.28.